The molecular formula is C34H38N4O4. The maximum Gasteiger partial charge on any atom is 0.270 e. The summed E-state index contributed by atoms with van der Waals surface area (Å²) in [5.74, 6) is 2.26. The molecule has 42 heavy (non-hydrogen) atoms. The number of piperazine rings is 1. The Kier molecular flexibility index (Phi) is 5.77. The molecule has 8 nitrogen and oxygen atoms in total. The van der Waals surface area contributed by atoms with E-state index >= 15 is 0 Å². The van der Waals surface area contributed by atoms with E-state index < -0.39 is 0 Å². The van der Waals surface area contributed by atoms with Gasteiger partial charge >= 0.3 is 0 Å². The molecule has 2 saturated heterocycles. The number of rotatable bonds is 4. The van der Waals surface area contributed by atoms with Gasteiger partial charge in [-0.2, -0.15) is 0 Å². The summed E-state index contributed by atoms with van der Waals surface area (Å²) >= 11 is 0. The summed E-state index contributed by atoms with van der Waals surface area (Å²) in [5.41, 5.74) is 7.68. The SMILES string of the molecule is COc1ccc2c3c1O[C@H]1c4[nH]c(C(=O)N5CCN(C(=O)Cc6ccccc6)CC5)c(C)c4CC4[C@@H](C2)N(C)CC[C@@]341. The number of methoxy groups -OCH3 is 1. The van der Waals surface area contributed by atoms with E-state index in [2.05, 4.69) is 36.0 Å². The Bertz CT molecular complexity index is 1590. The van der Waals surface area contributed by atoms with Crippen LogP contribution in [-0.4, -0.2) is 84.4 Å². The lowest BCUT2D eigenvalue weighted by atomic mass is 9.51. The molecule has 4 heterocycles. The molecular weight excluding hydrogens is 528 g/mol. The summed E-state index contributed by atoms with van der Waals surface area (Å²) < 4.78 is 12.7. The van der Waals surface area contributed by atoms with E-state index in [1.807, 2.05) is 40.1 Å². The Morgan fingerprint density at radius 1 is 1.02 bits per heavy atom. The molecule has 2 bridgehead atoms. The molecule has 8 rings (SSSR count). The maximum atomic E-state index is 14.0. The lowest BCUT2D eigenvalue weighted by Gasteiger charge is -2.57. The van der Waals surface area contributed by atoms with Gasteiger partial charge in [-0.3, -0.25) is 9.59 Å². The molecule has 3 aliphatic heterocycles. The molecule has 1 spiro atoms. The number of H-pyrrole nitrogens is 1. The highest BCUT2D eigenvalue weighted by Gasteiger charge is 2.65. The number of carbonyl (C=O) groups is 2. The van der Waals surface area contributed by atoms with Crippen LogP contribution in [0.3, 0.4) is 0 Å². The molecule has 2 fully saturated rings. The maximum absolute atomic E-state index is 14.0. The number of aromatic nitrogens is 1. The minimum absolute atomic E-state index is 0.0198. The largest absolute Gasteiger partial charge is 0.493 e. The number of aromatic amines is 1. The van der Waals surface area contributed by atoms with E-state index in [0.29, 0.717) is 50.3 Å². The van der Waals surface area contributed by atoms with E-state index in [1.54, 1.807) is 7.11 Å². The first-order chi connectivity index (χ1) is 20.4. The first-order valence-corrected chi connectivity index (χ1v) is 15.3. The number of benzene rings is 2. The third-order valence-corrected chi connectivity index (χ3v) is 11.0. The molecule has 218 valence electrons. The summed E-state index contributed by atoms with van der Waals surface area (Å²) in [6.45, 7) is 5.31. The molecule has 5 aliphatic rings. The Balaban J connectivity index is 1.08. The van der Waals surface area contributed by atoms with Gasteiger partial charge in [0.05, 0.1) is 19.2 Å². The van der Waals surface area contributed by atoms with Crippen LogP contribution in [0.4, 0.5) is 0 Å². The zero-order chi connectivity index (χ0) is 28.7. The quantitative estimate of drug-likeness (QED) is 0.522. The van der Waals surface area contributed by atoms with Crippen LogP contribution < -0.4 is 9.47 Å². The number of likely N-dealkylation sites (tertiary alicyclic amines) is 1. The predicted molar refractivity (Wildman–Crippen MR) is 158 cm³/mol. The highest BCUT2D eigenvalue weighted by molar-refractivity contribution is 5.95. The first kappa shape index (κ1) is 25.9. The van der Waals surface area contributed by atoms with Gasteiger partial charge in [0.2, 0.25) is 5.91 Å². The van der Waals surface area contributed by atoms with Crippen LogP contribution in [0.15, 0.2) is 42.5 Å². The van der Waals surface area contributed by atoms with E-state index in [9.17, 15) is 9.59 Å². The van der Waals surface area contributed by atoms with Crippen molar-refractivity contribution in [2.75, 3.05) is 46.9 Å². The fourth-order valence-corrected chi connectivity index (χ4v) is 8.85. The highest BCUT2D eigenvalue weighted by atomic mass is 16.5. The van der Waals surface area contributed by atoms with Crippen molar-refractivity contribution >= 4 is 11.8 Å². The number of nitrogens with one attached hydrogen (secondary N) is 1. The van der Waals surface area contributed by atoms with Gasteiger partial charge in [-0.15, -0.1) is 0 Å². The minimum Gasteiger partial charge on any atom is -0.493 e. The minimum atomic E-state index is -0.152. The third kappa shape index (κ3) is 3.50. The van der Waals surface area contributed by atoms with Gasteiger partial charge < -0.3 is 29.2 Å². The molecule has 1 N–H and O–H groups in total. The van der Waals surface area contributed by atoms with Gasteiger partial charge in [0.1, 0.15) is 11.8 Å². The Hall–Kier alpha value is -3.78. The van der Waals surface area contributed by atoms with Gasteiger partial charge in [0.15, 0.2) is 11.5 Å². The van der Waals surface area contributed by atoms with Crippen molar-refractivity contribution < 1.29 is 19.1 Å². The number of nitrogens with zero attached hydrogens (tertiary/aromatic N) is 3. The molecule has 0 radical (unpaired) electrons. The average molecular weight is 567 g/mol. The van der Waals surface area contributed by atoms with Crippen LogP contribution in [0.5, 0.6) is 11.5 Å². The lowest BCUT2D eigenvalue weighted by Crippen LogP contribution is -2.62. The highest BCUT2D eigenvalue weighted by Crippen LogP contribution is 2.67. The van der Waals surface area contributed by atoms with Crippen molar-refractivity contribution in [3.8, 4) is 11.5 Å². The molecule has 2 aromatic carbocycles. The van der Waals surface area contributed by atoms with Crippen LogP contribution in [0.2, 0.25) is 0 Å². The van der Waals surface area contributed by atoms with Crippen LogP contribution in [0.1, 0.15) is 56.5 Å². The number of fused-ring (bicyclic) bond motifs is 2. The number of hydrogen-bond acceptors (Lipinski definition) is 5. The summed E-state index contributed by atoms with van der Waals surface area (Å²) in [5, 5.41) is 0. The topological polar surface area (TPSA) is 78.1 Å². The average Bonchev–Trinajstić information content (AvgIpc) is 3.53. The second-order valence-electron chi connectivity index (χ2n) is 12.8. The summed E-state index contributed by atoms with van der Waals surface area (Å²) in [6.07, 6.45) is 3.23. The van der Waals surface area contributed by atoms with Crippen LogP contribution in [0.25, 0.3) is 0 Å². The van der Waals surface area contributed by atoms with Gasteiger partial charge in [0.25, 0.3) is 5.91 Å². The summed E-state index contributed by atoms with van der Waals surface area (Å²) in [7, 11) is 3.98. The Morgan fingerprint density at radius 3 is 2.55 bits per heavy atom. The molecule has 2 aliphatic carbocycles. The normalized spacial score (nSPS) is 27.3. The summed E-state index contributed by atoms with van der Waals surface area (Å²) in [6, 6.07) is 14.6. The van der Waals surface area contributed by atoms with Crippen LogP contribution in [0, 0.1) is 12.8 Å². The smallest absolute Gasteiger partial charge is 0.270 e. The van der Waals surface area contributed by atoms with Gasteiger partial charge in [0, 0.05) is 43.2 Å². The molecule has 0 saturated carbocycles. The van der Waals surface area contributed by atoms with Crippen molar-refractivity contribution in [2.45, 2.75) is 50.2 Å². The standard InChI is InChI=1S/C34H38N4O4/c1-20-23-19-24-25-18-22-9-10-26(41-3)31-28(22)34(24,11-12-36(25)2)32(42-31)30(23)35-29(20)33(40)38-15-13-37(14-16-38)27(39)17-21-7-5-4-6-8-21/h4-10,24-25,32,35H,11-19H2,1-3H3/t24?,25-,32+,34+/m1/s1. The molecule has 2 amide bonds. The van der Waals surface area contributed by atoms with Crippen molar-refractivity contribution in [3.63, 3.8) is 0 Å². The number of ether oxygens (including phenoxy) is 2. The van der Waals surface area contributed by atoms with Crippen LogP contribution in [-0.2, 0) is 29.5 Å². The van der Waals surface area contributed by atoms with E-state index in [-0.39, 0.29) is 23.3 Å². The lowest BCUT2D eigenvalue weighted by molar-refractivity contribution is -0.131. The van der Waals surface area contributed by atoms with Gasteiger partial charge in [-0.25, -0.2) is 0 Å². The van der Waals surface area contributed by atoms with Crippen LogP contribution >= 0.6 is 0 Å². The third-order valence-electron chi connectivity index (χ3n) is 11.0. The number of piperidine rings is 1. The molecule has 8 heteroatoms. The number of amides is 2. The monoisotopic (exact) mass is 566 g/mol. The fourth-order valence-electron chi connectivity index (χ4n) is 8.85. The van der Waals surface area contributed by atoms with Crippen molar-refractivity contribution in [1.29, 1.82) is 0 Å². The first-order valence-electron chi connectivity index (χ1n) is 15.3. The second kappa shape index (κ2) is 9.36. The predicted octanol–water partition coefficient (Wildman–Crippen LogP) is 3.66. The number of carbonyl (C=O) groups excluding carboxylic acids is 2. The molecule has 4 atom stereocenters. The second-order valence-corrected chi connectivity index (χ2v) is 12.8. The van der Waals surface area contributed by atoms with E-state index in [1.165, 1.54) is 16.7 Å². The van der Waals surface area contributed by atoms with Gasteiger partial charge in [-0.1, -0.05) is 36.4 Å². The molecule has 1 aromatic heterocycles. The van der Waals surface area contributed by atoms with Gasteiger partial charge in [-0.05, 0) is 74.0 Å². The molecule has 1 unspecified atom stereocenters. The summed E-state index contributed by atoms with van der Waals surface area (Å²) in [4.78, 5) is 36.8. The van der Waals surface area contributed by atoms with Crippen molar-refractivity contribution in [2.24, 2.45) is 5.92 Å². The number of hydrogen-bond donors (Lipinski definition) is 1. The zero-order valence-corrected chi connectivity index (χ0v) is 24.6. The fraction of sp³-hybridized carbons (Fsp3) is 0.471. The Morgan fingerprint density at radius 2 is 1.79 bits per heavy atom. The Labute approximate surface area is 246 Å². The van der Waals surface area contributed by atoms with Crippen molar-refractivity contribution in [3.05, 3.63) is 81.7 Å². The van der Waals surface area contributed by atoms with E-state index in [4.69, 9.17) is 9.47 Å². The van der Waals surface area contributed by atoms with E-state index in [0.717, 1.165) is 54.1 Å². The zero-order valence-electron chi connectivity index (χ0n) is 24.6. The van der Waals surface area contributed by atoms with Crippen molar-refractivity contribution in [1.82, 2.24) is 19.7 Å². The number of likely N-dealkylation sites (N-methyl/N-ethyl adjacent to an activating group) is 1. The molecule has 3 aromatic rings.